The predicted octanol–water partition coefficient (Wildman–Crippen LogP) is 2.14. The molecule has 4 nitrogen and oxygen atoms in total. The first-order valence-corrected chi connectivity index (χ1v) is 8.35. The van der Waals surface area contributed by atoms with E-state index in [-0.39, 0.29) is 17.7 Å². The second-order valence-electron chi connectivity index (χ2n) is 6.41. The van der Waals surface area contributed by atoms with E-state index in [1.807, 2.05) is 23.1 Å². The molecule has 1 N–H and O–H groups in total. The second kappa shape index (κ2) is 6.95. The summed E-state index contributed by atoms with van der Waals surface area (Å²) in [5, 5.41) is 2.99. The van der Waals surface area contributed by atoms with E-state index in [1.165, 1.54) is 12.0 Å². The fourth-order valence-electron chi connectivity index (χ4n) is 3.25. The number of amides is 2. The van der Waals surface area contributed by atoms with Gasteiger partial charge in [0.25, 0.3) is 0 Å². The quantitative estimate of drug-likeness (QED) is 0.818. The van der Waals surface area contributed by atoms with E-state index in [9.17, 15) is 9.59 Å². The number of aryl methyl sites for hydroxylation is 1. The molecule has 1 unspecified atom stereocenters. The van der Waals surface area contributed by atoms with Crippen molar-refractivity contribution in [2.24, 2.45) is 5.92 Å². The zero-order chi connectivity index (χ0) is 15.4. The Morgan fingerprint density at radius 2 is 2.00 bits per heavy atom. The van der Waals surface area contributed by atoms with Crippen LogP contribution in [-0.2, 0) is 16.0 Å². The van der Waals surface area contributed by atoms with Crippen LogP contribution in [0.2, 0.25) is 0 Å². The van der Waals surface area contributed by atoms with E-state index in [1.54, 1.807) is 0 Å². The first-order valence-electron chi connectivity index (χ1n) is 8.35. The molecule has 1 aromatic rings. The van der Waals surface area contributed by atoms with Gasteiger partial charge in [-0.3, -0.25) is 9.59 Å². The molecular weight excluding hydrogens is 276 g/mol. The smallest absolute Gasteiger partial charge is 0.225 e. The van der Waals surface area contributed by atoms with Gasteiger partial charge >= 0.3 is 0 Å². The number of likely N-dealkylation sites (tertiary alicyclic amines) is 1. The first kappa shape index (κ1) is 15.1. The van der Waals surface area contributed by atoms with E-state index in [4.69, 9.17) is 0 Å². The van der Waals surface area contributed by atoms with Gasteiger partial charge in [-0.1, -0.05) is 30.3 Å². The van der Waals surface area contributed by atoms with Crippen LogP contribution >= 0.6 is 0 Å². The Hall–Kier alpha value is -1.84. The van der Waals surface area contributed by atoms with Crippen molar-refractivity contribution in [2.75, 3.05) is 13.1 Å². The van der Waals surface area contributed by atoms with Crippen LogP contribution in [0.1, 0.15) is 37.7 Å². The molecule has 3 rings (SSSR count). The molecule has 1 heterocycles. The number of hydrogen-bond acceptors (Lipinski definition) is 2. The third-order valence-corrected chi connectivity index (χ3v) is 4.83. The molecule has 0 bridgehead atoms. The highest BCUT2D eigenvalue weighted by Crippen LogP contribution is 2.30. The normalized spacial score (nSPS) is 21.7. The number of nitrogens with zero attached hydrogens (tertiary/aromatic N) is 1. The van der Waals surface area contributed by atoms with Gasteiger partial charge < -0.3 is 10.2 Å². The number of carbonyl (C=O) groups excluding carboxylic acids is 2. The van der Waals surface area contributed by atoms with Gasteiger partial charge in [-0.15, -0.1) is 0 Å². The van der Waals surface area contributed by atoms with Crippen molar-refractivity contribution >= 4 is 11.8 Å². The van der Waals surface area contributed by atoms with Crippen molar-refractivity contribution in [3.05, 3.63) is 35.9 Å². The molecule has 2 amide bonds. The Bertz CT molecular complexity index is 525. The minimum atomic E-state index is -0.148. The maximum Gasteiger partial charge on any atom is 0.225 e. The van der Waals surface area contributed by atoms with Crippen molar-refractivity contribution in [1.29, 1.82) is 0 Å². The molecule has 2 fully saturated rings. The van der Waals surface area contributed by atoms with Gasteiger partial charge in [0.2, 0.25) is 11.8 Å². The maximum absolute atomic E-state index is 12.2. The van der Waals surface area contributed by atoms with Crippen LogP contribution in [0, 0.1) is 5.92 Å². The molecule has 1 saturated carbocycles. The van der Waals surface area contributed by atoms with Gasteiger partial charge in [0, 0.05) is 25.6 Å². The Balaban J connectivity index is 1.38. The van der Waals surface area contributed by atoms with Gasteiger partial charge in [0.15, 0.2) is 0 Å². The minimum Gasteiger partial charge on any atom is -0.356 e. The lowest BCUT2D eigenvalue weighted by molar-refractivity contribution is -0.131. The summed E-state index contributed by atoms with van der Waals surface area (Å²) in [5.41, 5.74) is 1.30. The highest BCUT2D eigenvalue weighted by Gasteiger charge is 2.39. The second-order valence-corrected chi connectivity index (χ2v) is 6.41. The SMILES string of the molecule is O=C(NCCCc1ccccc1)C1CC(=O)N(C2CCC2)C1. The summed E-state index contributed by atoms with van der Waals surface area (Å²) in [6.07, 6.45) is 5.72. The van der Waals surface area contributed by atoms with Crippen LogP contribution in [0.3, 0.4) is 0 Å². The predicted molar refractivity (Wildman–Crippen MR) is 85.2 cm³/mol. The lowest BCUT2D eigenvalue weighted by Gasteiger charge is -2.34. The molecular formula is C18H24N2O2. The van der Waals surface area contributed by atoms with E-state index in [2.05, 4.69) is 17.4 Å². The minimum absolute atomic E-state index is 0.0447. The summed E-state index contributed by atoms with van der Waals surface area (Å²) >= 11 is 0. The van der Waals surface area contributed by atoms with E-state index in [0.717, 1.165) is 25.7 Å². The van der Waals surface area contributed by atoms with E-state index < -0.39 is 0 Å². The maximum atomic E-state index is 12.2. The zero-order valence-corrected chi connectivity index (χ0v) is 13.0. The van der Waals surface area contributed by atoms with E-state index in [0.29, 0.717) is 25.6 Å². The molecule has 1 aliphatic heterocycles. The third kappa shape index (κ3) is 3.49. The number of hydrogen-bond donors (Lipinski definition) is 1. The topological polar surface area (TPSA) is 49.4 Å². The first-order chi connectivity index (χ1) is 10.7. The largest absolute Gasteiger partial charge is 0.356 e. The molecule has 2 aliphatic rings. The molecule has 0 aromatic heterocycles. The Morgan fingerprint density at radius 3 is 2.68 bits per heavy atom. The van der Waals surface area contributed by atoms with E-state index >= 15 is 0 Å². The monoisotopic (exact) mass is 300 g/mol. The fraction of sp³-hybridized carbons (Fsp3) is 0.556. The fourth-order valence-corrected chi connectivity index (χ4v) is 3.25. The Kier molecular flexibility index (Phi) is 4.76. The highest BCUT2D eigenvalue weighted by atomic mass is 16.2. The lowest BCUT2D eigenvalue weighted by Crippen LogP contribution is -2.42. The number of carbonyl (C=O) groups is 2. The molecule has 22 heavy (non-hydrogen) atoms. The van der Waals surface area contributed by atoms with Crippen LogP contribution in [0.4, 0.5) is 0 Å². The Labute approximate surface area is 131 Å². The van der Waals surface area contributed by atoms with Crippen LogP contribution in [0.25, 0.3) is 0 Å². The average Bonchev–Trinajstić information content (AvgIpc) is 2.85. The van der Waals surface area contributed by atoms with Crippen molar-refractivity contribution in [1.82, 2.24) is 10.2 Å². The summed E-state index contributed by atoms with van der Waals surface area (Å²) in [4.78, 5) is 26.1. The highest BCUT2D eigenvalue weighted by molar-refractivity contribution is 5.89. The summed E-state index contributed by atoms with van der Waals surface area (Å²) in [7, 11) is 0. The van der Waals surface area contributed by atoms with Crippen LogP contribution < -0.4 is 5.32 Å². The molecule has 0 spiro atoms. The van der Waals surface area contributed by atoms with Crippen LogP contribution in [0.5, 0.6) is 0 Å². The van der Waals surface area contributed by atoms with Crippen molar-refractivity contribution in [3.8, 4) is 0 Å². The number of nitrogens with one attached hydrogen (secondary N) is 1. The molecule has 118 valence electrons. The lowest BCUT2D eigenvalue weighted by atomic mass is 9.92. The number of rotatable bonds is 6. The molecule has 1 saturated heterocycles. The molecule has 1 aliphatic carbocycles. The van der Waals surface area contributed by atoms with Crippen molar-refractivity contribution in [3.63, 3.8) is 0 Å². The molecule has 1 atom stereocenters. The summed E-state index contributed by atoms with van der Waals surface area (Å²) in [5.74, 6) is 0.0576. The zero-order valence-electron chi connectivity index (χ0n) is 13.0. The molecule has 4 heteroatoms. The van der Waals surface area contributed by atoms with Crippen molar-refractivity contribution in [2.45, 2.75) is 44.6 Å². The standard InChI is InChI=1S/C18H24N2O2/c21-17-12-15(13-20(17)16-9-4-10-16)18(22)19-11-5-8-14-6-2-1-3-7-14/h1-3,6-7,15-16H,4-5,8-13H2,(H,19,22). The van der Waals surface area contributed by atoms with Crippen molar-refractivity contribution < 1.29 is 9.59 Å². The Morgan fingerprint density at radius 1 is 1.23 bits per heavy atom. The van der Waals surface area contributed by atoms with Crippen LogP contribution in [-0.4, -0.2) is 35.8 Å². The molecule has 0 radical (unpaired) electrons. The summed E-state index contributed by atoms with van der Waals surface area (Å²) in [6.45, 7) is 1.30. The van der Waals surface area contributed by atoms with Gasteiger partial charge in [-0.2, -0.15) is 0 Å². The van der Waals surface area contributed by atoms with Gasteiger partial charge in [0.1, 0.15) is 0 Å². The molecule has 1 aromatic carbocycles. The van der Waals surface area contributed by atoms with Gasteiger partial charge in [0.05, 0.1) is 5.92 Å². The third-order valence-electron chi connectivity index (χ3n) is 4.83. The van der Waals surface area contributed by atoms with Gasteiger partial charge in [-0.05, 0) is 37.7 Å². The van der Waals surface area contributed by atoms with Gasteiger partial charge in [-0.25, -0.2) is 0 Å². The summed E-state index contributed by atoms with van der Waals surface area (Å²) in [6, 6.07) is 10.7. The van der Waals surface area contributed by atoms with Crippen LogP contribution in [0.15, 0.2) is 30.3 Å². The average molecular weight is 300 g/mol. The summed E-state index contributed by atoms with van der Waals surface area (Å²) < 4.78 is 0. The number of benzene rings is 1.